The van der Waals surface area contributed by atoms with Crippen molar-refractivity contribution in [2.45, 2.75) is 12.9 Å². The molecule has 7 heteroatoms. The highest BCUT2D eigenvalue weighted by molar-refractivity contribution is 5.61. The molecule has 0 atom stereocenters. The van der Waals surface area contributed by atoms with Crippen LogP contribution in [0, 0.1) is 0 Å². The van der Waals surface area contributed by atoms with Crippen molar-refractivity contribution in [2.24, 2.45) is 5.73 Å². The Hall–Kier alpha value is -2.02. The molecule has 1 aromatic carbocycles. The summed E-state index contributed by atoms with van der Waals surface area (Å²) in [5.41, 5.74) is 7.15. The third-order valence-electron chi connectivity index (χ3n) is 2.21. The van der Waals surface area contributed by atoms with Crippen LogP contribution in [-0.4, -0.2) is 16.6 Å². The second kappa shape index (κ2) is 4.69. The molecular weight excluding hydrogens is 247 g/mol. The van der Waals surface area contributed by atoms with Gasteiger partial charge in [0.25, 0.3) is 0 Å². The Balaban J connectivity index is 2.26. The average molecular weight is 257 g/mol. The predicted molar refractivity (Wildman–Crippen MR) is 58.6 cm³/mol. The number of H-pyrrole nitrogens is 1. The van der Waals surface area contributed by atoms with Crippen LogP contribution < -0.4 is 10.5 Å². The number of nitrogens with zero attached hydrogens (tertiary/aromatic N) is 1. The fourth-order valence-electron chi connectivity index (χ4n) is 1.47. The number of ether oxygens (including phenoxy) is 1. The number of rotatable bonds is 3. The molecule has 0 aliphatic rings. The average Bonchev–Trinajstić information content (AvgIpc) is 2.75. The molecule has 96 valence electrons. The molecule has 2 rings (SSSR count). The summed E-state index contributed by atoms with van der Waals surface area (Å²) < 4.78 is 40.1. The summed E-state index contributed by atoms with van der Waals surface area (Å²) in [7, 11) is 0. The lowest BCUT2D eigenvalue weighted by atomic mass is 10.1. The molecule has 4 nitrogen and oxygen atoms in total. The van der Waals surface area contributed by atoms with Gasteiger partial charge in [-0.3, -0.25) is 5.10 Å². The van der Waals surface area contributed by atoms with Crippen molar-refractivity contribution in [1.82, 2.24) is 10.2 Å². The number of halogens is 3. The van der Waals surface area contributed by atoms with Crippen LogP contribution in [0.2, 0.25) is 0 Å². The van der Waals surface area contributed by atoms with Gasteiger partial charge in [-0.15, -0.1) is 13.2 Å². The summed E-state index contributed by atoms with van der Waals surface area (Å²) >= 11 is 0. The maximum Gasteiger partial charge on any atom is 0.573 e. The summed E-state index contributed by atoms with van der Waals surface area (Å²) in [5, 5.41) is 6.64. The molecular formula is C11H10F3N3O. The molecule has 0 unspecified atom stereocenters. The van der Waals surface area contributed by atoms with Gasteiger partial charge in [-0.1, -0.05) is 12.1 Å². The van der Waals surface area contributed by atoms with Crippen LogP contribution >= 0.6 is 0 Å². The van der Waals surface area contributed by atoms with Gasteiger partial charge in [-0.05, 0) is 18.2 Å². The van der Waals surface area contributed by atoms with E-state index in [2.05, 4.69) is 14.9 Å². The van der Waals surface area contributed by atoms with Gasteiger partial charge in [-0.25, -0.2) is 0 Å². The molecule has 3 N–H and O–H groups in total. The Kier molecular flexibility index (Phi) is 3.24. The minimum absolute atomic E-state index is 0.280. The maximum absolute atomic E-state index is 12.1. The monoisotopic (exact) mass is 257 g/mol. The first kappa shape index (κ1) is 12.4. The lowest BCUT2D eigenvalue weighted by Crippen LogP contribution is -2.17. The molecule has 1 heterocycles. The van der Waals surface area contributed by atoms with Gasteiger partial charge in [0.1, 0.15) is 5.75 Å². The Morgan fingerprint density at radius 2 is 2.06 bits per heavy atom. The smallest absolute Gasteiger partial charge is 0.406 e. The van der Waals surface area contributed by atoms with Crippen LogP contribution in [0.1, 0.15) is 5.69 Å². The topological polar surface area (TPSA) is 63.9 Å². The number of benzene rings is 1. The van der Waals surface area contributed by atoms with Crippen LogP contribution in [0.3, 0.4) is 0 Å². The summed E-state index contributed by atoms with van der Waals surface area (Å²) in [6, 6.07) is 7.27. The van der Waals surface area contributed by atoms with Crippen LogP contribution in [0.4, 0.5) is 13.2 Å². The largest absolute Gasteiger partial charge is 0.573 e. The molecule has 0 saturated heterocycles. The minimum atomic E-state index is -4.70. The molecule has 0 aliphatic heterocycles. The van der Waals surface area contributed by atoms with Crippen molar-refractivity contribution in [2.75, 3.05) is 0 Å². The van der Waals surface area contributed by atoms with Crippen molar-refractivity contribution in [3.63, 3.8) is 0 Å². The standard InChI is InChI=1S/C11H10F3N3O/c12-11(13,14)18-9-3-1-2-7(4-9)10-5-8(6-15)16-17-10/h1-5H,6,15H2,(H,16,17). The highest BCUT2D eigenvalue weighted by Crippen LogP contribution is 2.27. The molecule has 0 radical (unpaired) electrons. The summed E-state index contributed by atoms with van der Waals surface area (Å²) in [5.74, 6) is -0.280. The van der Waals surface area contributed by atoms with E-state index in [-0.39, 0.29) is 12.3 Å². The van der Waals surface area contributed by atoms with E-state index in [1.54, 1.807) is 12.1 Å². The molecule has 18 heavy (non-hydrogen) atoms. The van der Waals surface area contributed by atoms with Gasteiger partial charge in [0.15, 0.2) is 0 Å². The Bertz CT molecular complexity index is 536. The van der Waals surface area contributed by atoms with E-state index in [9.17, 15) is 13.2 Å². The molecule has 0 spiro atoms. The zero-order valence-corrected chi connectivity index (χ0v) is 9.16. The normalized spacial score (nSPS) is 11.6. The molecule has 1 aromatic heterocycles. The first-order valence-corrected chi connectivity index (χ1v) is 5.08. The fraction of sp³-hybridized carbons (Fsp3) is 0.182. The van der Waals surface area contributed by atoms with E-state index in [1.165, 1.54) is 18.2 Å². The fourth-order valence-corrected chi connectivity index (χ4v) is 1.47. The van der Waals surface area contributed by atoms with Gasteiger partial charge < -0.3 is 10.5 Å². The van der Waals surface area contributed by atoms with Gasteiger partial charge in [0.05, 0.1) is 5.69 Å². The van der Waals surface area contributed by atoms with E-state index in [4.69, 9.17) is 5.73 Å². The van der Waals surface area contributed by atoms with E-state index >= 15 is 0 Å². The van der Waals surface area contributed by atoms with E-state index in [1.807, 2.05) is 0 Å². The second-order valence-electron chi connectivity index (χ2n) is 3.56. The molecule has 0 amide bonds. The summed E-state index contributed by atoms with van der Waals surface area (Å²) in [4.78, 5) is 0. The van der Waals surface area contributed by atoms with Crippen LogP contribution in [0.5, 0.6) is 5.75 Å². The van der Waals surface area contributed by atoms with Gasteiger partial charge >= 0.3 is 6.36 Å². The predicted octanol–water partition coefficient (Wildman–Crippen LogP) is 2.43. The van der Waals surface area contributed by atoms with Crippen LogP contribution in [0.15, 0.2) is 30.3 Å². The van der Waals surface area contributed by atoms with Crippen molar-refractivity contribution < 1.29 is 17.9 Å². The zero-order chi connectivity index (χ0) is 13.2. The van der Waals surface area contributed by atoms with Crippen molar-refractivity contribution in [3.8, 4) is 17.0 Å². The third-order valence-corrected chi connectivity index (χ3v) is 2.21. The molecule has 0 fully saturated rings. The molecule has 0 bridgehead atoms. The number of hydrogen-bond acceptors (Lipinski definition) is 3. The maximum atomic E-state index is 12.1. The number of alkyl halides is 3. The number of hydrogen-bond donors (Lipinski definition) is 2. The lowest BCUT2D eigenvalue weighted by Gasteiger charge is -2.09. The summed E-state index contributed by atoms with van der Waals surface area (Å²) in [6.45, 7) is 0.283. The number of nitrogens with two attached hydrogens (primary N) is 1. The van der Waals surface area contributed by atoms with Gasteiger partial charge in [0, 0.05) is 17.8 Å². The highest BCUT2D eigenvalue weighted by atomic mass is 19.4. The van der Waals surface area contributed by atoms with Crippen LogP contribution in [-0.2, 0) is 6.54 Å². The van der Waals surface area contributed by atoms with Gasteiger partial charge in [-0.2, -0.15) is 5.10 Å². The van der Waals surface area contributed by atoms with Crippen molar-refractivity contribution in [1.29, 1.82) is 0 Å². The number of aromatic nitrogens is 2. The van der Waals surface area contributed by atoms with E-state index < -0.39 is 6.36 Å². The zero-order valence-electron chi connectivity index (χ0n) is 9.16. The Labute approximate surface area is 101 Å². The first-order valence-electron chi connectivity index (χ1n) is 5.08. The van der Waals surface area contributed by atoms with Crippen molar-refractivity contribution in [3.05, 3.63) is 36.0 Å². The van der Waals surface area contributed by atoms with Crippen LogP contribution in [0.25, 0.3) is 11.3 Å². The van der Waals surface area contributed by atoms with Gasteiger partial charge in [0.2, 0.25) is 0 Å². The van der Waals surface area contributed by atoms with Crippen molar-refractivity contribution >= 4 is 0 Å². The number of aromatic amines is 1. The Morgan fingerprint density at radius 3 is 2.67 bits per heavy atom. The SMILES string of the molecule is NCc1cc(-c2cccc(OC(F)(F)F)c2)n[nH]1. The first-order chi connectivity index (χ1) is 8.48. The third kappa shape index (κ3) is 3.01. The lowest BCUT2D eigenvalue weighted by molar-refractivity contribution is -0.274. The van der Waals surface area contributed by atoms with E-state index in [0.717, 1.165) is 0 Å². The van der Waals surface area contributed by atoms with E-state index in [0.29, 0.717) is 17.0 Å². The quantitative estimate of drug-likeness (QED) is 0.887. The molecule has 0 aliphatic carbocycles. The second-order valence-corrected chi connectivity index (χ2v) is 3.56. The summed E-state index contributed by atoms with van der Waals surface area (Å²) in [6.07, 6.45) is -4.70. The minimum Gasteiger partial charge on any atom is -0.406 e. The molecule has 0 saturated carbocycles. The molecule has 2 aromatic rings. The highest BCUT2D eigenvalue weighted by Gasteiger charge is 2.31. The number of nitrogens with one attached hydrogen (secondary N) is 1. The Morgan fingerprint density at radius 1 is 1.28 bits per heavy atom.